The standard InChI is InChI=1S/C15H20ClNO4/c1-4-11(5-2)17-14(18)9-21-15(19)12-8-10(16)6-7-13(12)20-3/h6-8,11H,4-5,9H2,1-3H3,(H,17,18). The molecule has 5 nitrogen and oxygen atoms in total. The topological polar surface area (TPSA) is 64.6 Å². The van der Waals surface area contributed by atoms with E-state index in [1.54, 1.807) is 12.1 Å². The van der Waals surface area contributed by atoms with Crippen LogP contribution in [-0.2, 0) is 9.53 Å². The summed E-state index contributed by atoms with van der Waals surface area (Å²) in [6, 6.07) is 4.72. The van der Waals surface area contributed by atoms with Crippen molar-refractivity contribution in [1.29, 1.82) is 0 Å². The normalized spacial score (nSPS) is 10.3. The van der Waals surface area contributed by atoms with Crippen LogP contribution in [0.2, 0.25) is 5.02 Å². The Hall–Kier alpha value is -1.75. The number of benzene rings is 1. The van der Waals surface area contributed by atoms with Crippen molar-refractivity contribution in [3.8, 4) is 5.75 Å². The van der Waals surface area contributed by atoms with Gasteiger partial charge in [0, 0.05) is 11.1 Å². The Kier molecular flexibility index (Phi) is 7.02. The summed E-state index contributed by atoms with van der Waals surface area (Å²) in [4.78, 5) is 23.6. The van der Waals surface area contributed by atoms with Gasteiger partial charge in [-0.15, -0.1) is 0 Å². The van der Waals surface area contributed by atoms with Crippen LogP contribution in [0.15, 0.2) is 18.2 Å². The molecule has 0 saturated carbocycles. The van der Waals surface area contributed by atoms with Crippen molar-refractivity contribution in [3.05, 3.63) is 28.8 Å². The highest BCUT2D eigenvalue weighted by Crippen LogP contribution is 2.23. The van der Waals surface area contributed by atoms with E-state index in [1.165, 1.54) is 13.2 Å². The average Bonchev–Trinajstić information content (AvgIpc) is 2.50. The van der Waals surface area contributed by atoms with Crippen molar-refractivity contribution < 1.29 is 19.1 Å². The molecular formula is C15H20ClNO4. The molecule has 6 heteroatoms. The molecule has 0 aromatic heterocycles. The first kappa shape index (κ1) is 17.3. The van der Waals surface area contributed by atoms with Crippen LogP contribution in [0.25, 0.3) is 0 Å². The van der Waals surface area contributed by atoms with Gasteiger partial charge in [0.15, 0.2) is 6.61 Å². The van der Waals surface area contributed by atoms with E-state index >= 15 is 0 Å². The minimum absolute atomic E-state index is 0.0944. The van der Waals surface area contributed by atoms with Crippen molar-refractivity contribution in [3.63, 3.8) is 0 Å². The number of hydrogen-bond acceptors (Lipinski definition) is 4. The first-order chi connectivity index (χ1) is 10.0. The zero-order valence-corrected chi connectivity index (χ0v) is 13.2. The molecule has 1 rings (SSSR count). The Morgan fingerprint density at radius 3 is 2.52 bits per heavy atom. The molecule has 0 aliphatic carbocycles. The number of halogens is 1. The molecule has 0 heterocycles. The van der Waals surface area contributed by atoms with Gasteiger partial charge in [-0.05, 0) is 31.0 Å². The Morgan fingerprint density at radius 1 is 1.29 bits per heavy atom. The smallest absolute Gasteiger partial charge is 0.342 e. The number of rotatable bonds is 7. The predicted octanol–water partition coefficient (Wildman–Crippen LogP) is 2.81. The van der Waals surface area contributed by atoms with E-state index in [-0.39, 0.29) is 24.1 Å². The predicted molar refractivity (Wildman–Crippen MR) is 80.8 cm³/mol. The van der Waals surface area contributed by atoms with Crippen LogP contribution in [0.1, 0.15) is 37.0 Å². The maximum absolute atomic E-state index is 12.0. The van der Waals surface area contributed by atoms with E-state index in [2.05, 4.69) is 5.32 Å². The number of methoxy groups -OCH3 is 1. The second-order valence-corrected chi connectivity index (χ2v) is 4.94. The lowest BCUT2D eigenvalue weighted by atomic mass is 10.2. The van der Waals surface area contributed by atoms with Crippen LogP contribution in [0.5, 0.6) is 5.75 Å². The van der Waals surface area contributed by atoms with Crippen molar-refractivity contribution >= 4 is 23.5 Å². The van der Waals surface area contributed by atoms with Gasteiger partial charge in [0.05, 0.1) is 7.11 Å². The van der Waals surface area contributed by atoms with Crippen molar-refractivity contribution in [1.82, 2.24) is 5.32 Å². The van der Waals surface area contributed by atoms with Crippen LogP contribution in [0, 0.1) is 0 Å². The van der Waals surface area contributed by atoms with Crippen LogP contribution in [-0.4, -0.2) is 31.6 Å². The summed E-state index contributed by atoms with van der Waals surface area (Å²) < 4.78 is 10.1. The third kappa shape index (κ3) is 5.27. The summed E-state index contributed by atoms with van der Waals surface area (Å²) in [5, 5.41) is 3.18. The molecule has 0 fully saturated rings. The van der Waals surface area contributed by atoms with Gasteiger partial charge in [0.1, 0.15) is 11.3 Å². The molecule has 1 amide bonds. The van der Waals surface area contributed by atoms with Crippen molar-refractivity contribution in [2.24, 2.45) is 0 Å². The van der Waals surface area contributed by atoms with E-state index in [9.17, 15) is 9.59 Å². The Labute approximate surface area is 129 Å². The highest BCUT2D eigenvalue weighted by Gasteiger charge is 2.16. The molecule has 0 spiro atoms. The molecule has 0 bridgehead atoms. The second-order valence-electron chi connectivity index (χ2n) is 4.50. The number of carbonyl (C=O) groups excluding carboxylic acids is 2. The van der Waals surface area contributed by atoms with Gasteiger partial charge in [-0.1, -0.05) is 25.4 Å². The third-order valence-electron chi connectivity index (χ3n) is 3.07. The maximum Gasteiger partial charge on any atom is 0.342 e. The Bertz CT molecular complexity index is 500. The van der Waals surface area contributed by atoms with Crippen molar-refractivity contribution in [2.75, 3.05) is 13.7 Å². The van der Waals surface area contributed by atoms with E-state index in [0.29, 0.717) is 10.8 Å². The molecule has 0 aliphatic heterocycles. The van der Waals surface area contributed by atoms with E-state index in [1.807, 2.05) is 13.8 Å². The maximum atomic E-state index is 12.0. The molecule has 21 heavy (non-hydrogen) atoms. The summed E-state index contributed by atoms with van der Waals surface area (Å²) in [6.07, 6.45) is 1.66. The third-order valence-corrected chi connectivity index (χ3v) is 3.30. The van der Waals surface area contributed by atoms with Gasteiger partial charge >= 0.3 is 5.97 Å². The average molecular weight is 314 g/mol. The zero-order chi connectivity index (χ0) is 15.8. The number of nitrogens with one attached hydrogen (secondary N) is 1. The zero-order valence-electron chi connectivity index (χ0n) is 12.4. The Morgan fingerprint density at radius 2 is 1.95 bits per heavy atom. The Balaban J connectivity index is 2.62. The van der Waals surface area contributed by atoms with Gasteiger partial charge < -0.3 is 14.8 Å². The van der Waals surface area contributed by atoms with Crippen LogP contribution < -0.4 is 10.1 Å². The minimum Gasteiger partial charge on any atom is -0.496 e. The minimum atomic E-state index is -0.644. The molecule has 0 unspecified atom stereocenters. The molecule has 116 valence electrons. The molecule has 0 atom stereocenters. The molecular weight excluding hydrogens is 294 g/mol. The lowest BCUT2D eigenvalue weighted by Gasteiger charge is -2.15. The van der Waals surface area contributed by atoms with Crippen LogP contribution in [0.3, 0.4) is 0 Å². The molecule has 1 aromatic rings. The fourth-order valence-corrected chi connectivity index (χ4v) is 1.98. The number of esters is 1. The lowest BCUT2D eigenvalue weighted by molar-refractivity contribution is -0.125. The fourth-order valence-electron chi connectivity index (χ4n) is 1.81. The van der Waals surface area contributed by atoms with Gasteiger partial charge in [-0.3, -0.25) is 4.79 Å². The molecule has 1 aromatic carbocycles. The molecule has 0 saturated heterocycles. The number of carbonyl (C=O) groups is 2. The lowest BCUT2D eigenvalue weighted by Crippen LogP contribution is -2.36. The van der Waals surface area contributed by atoms with Gasteiger partial charge in [0.2, 0.25) is 0 Å². The van der Waals surface area contributed by atoms with Crippen LogP contribution >= 0.6 is 11.6 Å². The van der Waals surface area contributed by atoms with Gasteiger partial charge in [-0.2, -0.15) is 0 Å². The summed E-state index contributed by atoms with van der Waals surface area (Å²) in [6.45, 7) is 3.64. The van der Waals surface area contributed by atoms with Gasteiger partial charge in [-0.25, -0.2) is 4.79 Å². The van der Waals surface area contributed by atoms with Crippen molar-refractivity contribution in [2.45, 2.75) is 32.7 Å². The SMILES string of the molecule is CCC(CC)NC(=O)COC(=O)c1cc(Cl)ccc1OC. The summed E-state index contributed by atoms with van der Waals surface area (Å²) in [5.74, 6) is -0.614. The van der Waals surface area contributed by atoms with E-state index in [4.69, 9.17) is 21.1 Å². The highest BCUT2D eigenvalue weighted by atomic mass is 35.5. The summed E-state index contributed by atoms with van der Waals surface area (Å²) >= 11 is 5.84. The van der Waals surface area contributed by atoms with E-state index < -0.39 is 5.97 Å². The quantitative estimate of drug-likeness (QED) is 0.786. The molecule has 1 N–H and O–H groups in total. The van der Waals surface area contributed by atoms with E-state index in [0.717, 1.165) is 12.8 Å². The molecule has 0 radical (unpaired) electrons. The first-order valence-electron chi connectivity index (χ1n) is 6.81. The largest absolute Gasteiger partial charge is 0.496 e. The second kappa shape index (κ2) is 8.52. The number of amides is 1. The first-order valence-corrected chi connectivity index (χ1v) is 7.19. The number of ether oxygens (including phenoxy) is 2. The highest BCUT2D eigenvalue weighted by molar-refractivity contribution is 6.31. The molecule has 0 aliphatic rings. The summed E-state index contributed by atoms with van der Waals surface area (Å²) in [5.41, 5.74) is 0.195. The van der Waals surface area contributed by atoms with Crippen LogP contribution in [0.4, 0.5) is 0 Å². The monoisotopic (exact) mass is 313 g/mol. The van der Waals surface area contributed by atoms with Gasteiger partial charge in [0.25, 0.3) is 5.91 Å². The summed E-state index contributed by atoms with van der Waals surface area (Å²) in [7, 11) is 1.44. The number of hydrogen-bond donors (Lipinski definition) is 1. The fraction of sp³-hybridized carbons (Fsp3) is 0.467.